The van der Waals surface area contributed by atoms with E-state index in [1.807, 2.05) is 15.9 Å². The summed E-state index contributed by atoms with van der Waals surface area (Å²) in [5, 5.41) is 37.0. The van der Waals surface area contributed by atoms with E-state index in [4.69, 9.17) is 9.72 Å². The summed E-state index contributed by atoms with van der Waals surface area (Å²) >= 11 is 0. The molecular weight excluding hydrogens is 1090 g/mol. The fourth-order valence-electron chi connectivity index (χ4n) is 10.5. The maximum absolute atomic E-state index is 13.5. The largest absolute Gasteiger partial charge is 0.494 e. The molecule has 452 valence electrons. The molecule has 3 heterocycles. The molecule has 0 saturated carbocycles. The van der Waals surface area contributed by atoms with Gasteiger partial charge in [0.2, 0.25) is 27.7 Å². The molecule has 1 aliphatic carbocycles. The Balaban J connectivity index is 1.00. The highest BCUT2D eigenvalue weighted by Gasteiger charge is 2.32. The lowest BCUT2D eigenvalue weighted by molar-refractivity contribution is -0.144. The third kappa shape index (κ3) is 23.6. The number of fused-ring (bicyclic) bond motifs is 4. The van der Waals surface area contributed by atoms with E-state index in [9.17, 15) is 70.3 Å². The molecular formula is C54H83N9O16S2. The lowest BCUT2D eigenvalue weighted by Crippen LogP contribution is -2.51. The Labute approximate surface area is 475 Å². The smallest absolute Gasteiger partial charge is 0.323 e. The second-order valence-electron chi connectivity index (χ2n) is 21.3. The number of carboxylic acid groups (broad SMARTS) is 3. The number of aliphatic carboxylic acids is 3. The SMILES string of the molecule is Cc1cc(OCCCC(=O)NCCCC(=O)C(CS(=O)(=O)O)NC(=O)CCC(C(=O)O)N2CCCN3CCN(CCCN(CC(=O)O)CC3)CC2)cc(C)c1S(=O)(=O)N[C@@H](CNC(=O)CCCCc1ccc2c(n1)CCCC2)C(=O)O. The zero-order valence-electron chi connectivity index (χ0n) is 46.7. The van der Waals surface area contributed by atoms with Crippen molar-refractivity contribution in [3.05, 3.63) is 52.3 Å². The first-order valence-corrected chi connectivity index (χ1v) is 31.2. The number of carbonyl (C=O) groups excluding carboxylic acids is 4. The van der Waals surface area contributed by atoms with Crippen LogP contribution in [0.1, 0.15) is 112 Å². The van der Waals surface area contributed by atoms with Crippen LogP contribution >= 0.6 is 0 Å². The first-order valence-electron chi connectivity index (χ1n) is 28.1. The van der Waals surface area contributed by atoms with Crippen molar-refractivity contribution in [1.82, 2.24) is 45.3 Å². The molecule has 4 unspecified atom stereocenters. The summed E-state index contributed by atoms with van der Waals surface area (Å²) in [6, 6.07) is 2.74. The van der Waals surface area contributed by atoms with Gasteiger partial charge < -0.3 is 45.8 Å². The van der Waals surface area contributed by atoms with Crippen molar-refractivity contribution in [3.8, 4) is 5.75 Å². The molecule has 2 bridgehead atoms. The van der Waals surface area contributed by atoms with Crippen molar-refractivity contribution < 1.29 is 75.0 Å². The zero-order chi connectivity index (χ0) is 59.1. The number of pyridine rings is 1. The Morgan fingerprint density at radius 2 is 1.33 bits per heavy atom. The number of carboxylic acids is 3. The van der Waals surface area contributed by atoms with Crippen LogP contribution in [0.25, 0.3) is 0 Å². The van der Waals surface area contributed by atoms with Gasteiger partial charge in [0.1, 0.15) is 29.6 Å². The molecule has 1 aromatic heterocycles. The lowest BCUT2D eigenvalue weighted by Gasteiger charge is -2.37. The number of hydrogen-bond acceptors (Lipinski definition) is 17. The van der Waals surface area contributed by atoms with Crippen LogP contribution in [0, 0.1) is 13.8 Å². The van der Waals surface area contributed by atoms with Gasteiger partial charge in [0.25, 0.3) is 10.1 Å². The monoisotopic (exact) mass is 1180 g/mol. The lowest BCUT2D eigenvalue weighted by atomic mass is 9.95. The quantitative estimate of drug-likeness (QED) is 0.0388. The minimum absolute atomic E-state index is 0.00394. The minimum Gasteiger partial charge on any atom is -0.494 e. The molecule has 27 heteroatoms. The fraction of sp³-hybridized carbons (Fsp3) is 0.667. The fourth-order valence-corrected chi connectivity index (χ4v) is 12.8. The highest BCUT2D eigenvalue weighted by molar-refractivity contribution is 7.89. The molecule has 2 fully saturated rings. The van der Waals surface area contributed by atoms with Crippen LogP contribution in [0.3, 0.4) is 0 Å². The predicted octanol–water partition coefficient (Wildman–Crippen LogP) is 1.17. The van der Waals surface area contributed by atoms with Gasteiger partial charge in [-0.2, -0.15) is 13.1 Å². The van der Waals surface area contributed by atoms with Crippen LogP contribution in [0.2, 0.25) is 0 Å². The number of amides is 3. The van der Waals surface area contributed by atoms with Crippen LogP contribution < -0.4 is 25.4 Å². The third-order valence-electron chi connectivity index (χ3n) is 14.7. The topological polar surface area (TPSA) is 352 Å². The van der Waals surface area contributed by atoms with Gasteiger partial charge in [-0.05, 0) is 139 Å². The number of unbranched alkanes of at least 4 members (excludes halogenated alkanes) is 1. The number of benzene rings is 1. The van der Waals surface area contributed by atoms with E-state index in [2.05, 4.69) is 36.5 Å². The van der Waals surface area contributed by atoms with Crippen molar-refractivity contribution in [3.63, 3.8) is 0 Å². The molecule has 5 atom stereocenters. The Bertz CT molecular complexity index is 2690. The standard InChI is InChI=1S/C54H83N9O16S2/c1-38-33-42(34-39(2)52(38)81(77,78)59-44(53(70)71)35-56-49(66)15-6-4-12-41-18-17-40-11-3-5-13-43(40)57-41)79-32-8-16-48(65)55-21-7-14-47(64)45(37-80(74,75)76)58-50(67)20-19-46(54(72)73)63-25-10-23-60-26-27-61(30-31-63)22-9-24-62(29-28-60)36-51(68)69/h17-18,33-34,44-46,59H,3-16,19-32,35-37H2,1-2H3,(H,55,65)(H,56,66)(H,58,67)(H,68,69)(H,70,71)(H,72,73)(H,74,75,76)/t44-,45?,46?/m0/s1. The van der Waals surface area contributed by atoms with Gasteiger partial charge in [-0.25, -0.2) is 8.42 Å². The van der Waals surface area contributed by atoms with Crippen molar-refractivity contribution in [1.29, 1.82) is 0 Å². The van der Waals surface area contributed by atoms with E-state index in [0.29, 0.717) is 83.8 Å². The summed E-state index contributed by atoms with van der Waals surface area (Å²) in [4.78, 5) is 101. The zero-order valence-corrected chi connectivity index (χ0v) is 48.3. The number of nitrogens with zero attached hydrogens (tertiary/aromatic N) is 5. The number of hydrogen-bond donors (Lipinski definition) is 8. The Hall–Kier alpha value is -5.68. The molecule has 1 aromatic carbocycles. The summed E-state index contributed by atoms with van der Waals surface area (Å²) in [5.74, 6) is -6.58. The van der Waals surface area contributed by atoms with Gasteiger partial charge >= 0.3 is 17.9 Å². The maximum Gasteiger partial charge on any atom is 0.323 e. The third-order valence-corrected chi connectivity index (χ3v) is 17.3. The number of aryl methyl sites for hydroxylation is 5. The molecule has 0 spiro atoms. The van der Waals surface area contributed by atoms with E-state index in [-0.39, 0.29) is 86.6 Å². The van der Waals surface area contributed by atoms with Gasteiger partial charge in [-0.3, -0.25) is 52.9 Å². The highest BCUT2D eigenvalue weighted by Crippen LogP contribution is 2.27. The van der Waals surface area contributed by atoms with Gasteiger partial charge in [-0.15, -0.1) is 0 Å². The summed E-state index contributed by atoms with van der Waals surface area (Å²) in [7, 11) is -9.13. The minimum atomic E-state index is -4.74. The van der Waals surface area contributed by atoms with E-state index in [1.165, 1.54) is 38.0 Å². The van der Waals surface area contributed by atoms with Gasteiger partial charge in [0.15, 0.2) is 5.78 Å². The average molecular weight is 1180 g/mol. The Kier molecular flexibility index (Phi) is 26.8. The first kappa shape index (κ1) is 66.1. The maximum atomic E-state index is 13.5. The second-order valence-corrected chi connectivity index (χ2v) is 24.4. The average Bonchev–Trinajstić information content (AvgIpc) is 3.42. The number of ketones is 1. The molecule has 3 amide bonds. The molecule has 81 heavy (non-hydrogen) atoms. The van der Waals surface area contributed by atoms with Crippen molar-refractivity contribution in [2.45, 2.75) is 140 Å². The van der Waals surface area contributed by atoms with Crippen LogP contribution in [-0.2, 0) is 73.0 Å². The molecule has 2 saturated heterocycles. The number of rotatable bonds is 31. The van der Waals surface area contributed by atoms with Crippen LogP contribution in [0.4, 0.5) is 0 Å². The van der Waals surface area contributed by atoms with Gasteiger partial charge in [-0.1, -0.05) is 6.07 Å². The van der Waals surface area contributed by atoms with E-state index in [1.54, 1.807) is 0 Å². The normalized spacial score (nSPS) is 18.8. The van der Waals surface area contributed by atoms with Gasteiger partial charge in [0.05, 0.1) is 18.0 Å². The van der Waals surface area contributed by atoms with Crippen LogP contribution in [0.15, 0.2) is 29.2 Å². The van der Waals surface area contributed by atoms with E-state index < -0.39 is 86.1 Å². The van der Waals surface area contributed by atoms with Gasteiger partial charge in [0, 0.05) is 103 Å². The van der Waals surface area contributed by atoms with Crippen LogP contribution in [0.5, 0.6) is 5.75 Å². The highest BCUT2D eigenvalue weighted by atomic mass is 32.2. The van der Waals surface area contributed by atoms with Crippen molar-refractivity contribution in [2.75, 3.05) is 97.4 Å². The van der Waals surface area contributed by atoms with Crippen molar-refractivity contribution >= 4 is 61.6 Å². The Morgan fingerprint density at radius 1 is 0.679 bits per heavy atom. The summed E-state index contributed by atoms with van der Waals surface area (Å²) < 4.78 is 68.5. The molecule has 5 rings (SSSR count). The molecule has 3 aliphatic rings. The molecule has 8 N–H and O–H groups in total. The number of carbonyl (C=O) groups is 7. The summed E-state index contributed by atoms with van der Waals surface area (Å²) in [5.41, 5.74) is 3.94. The predicted molar refractivity (Wildman–Crippen MR) is 298 cm³/mol. The first-order chi connectivity index (χ1) is 38.5. The summed E-state index contributed by atoms with van der Waals surface area (Å²) in [6.07, 6.45) is 7.32. The second kappa shape index (κ2) is 32.8. The van der Waals surface area contributed by atoms with Crippen molar-refractivity contribution in [2.24, 2.45) is 0 Å². The molecule has 2 aromatic rings. The number of sulfonamides is 1. The number of Topliss-reactive ketones (excluding diaryl/α,β-unsaturated/α-hetero) is 1. The van der Waals surface area contributed by atoms with E-state index in [0.717, 1.165) is 50.2 Å². The van der Waals surface area contributed by atoms with Crippen LogP contribution in [-0.4, -0.2) is 218 Å². The Morgan fingerprint density at radius 3 is 2.01 bits per heavy atom. The summed E-state index contributed by atoms with van der Waals surface area (Å²) in [6.45, 7) is 8.78. The van der Waals surface area contributed by atoms with E-state index >= 15 is 0 Å². The number of aromatic nitrogens is 1. The number of ether oxygens (including phenoxy) is 1. The molecule has 25 nitrogen and oxygen atoms in total. The molecule has 0 radical (unpaired) electrons. The number of nitrogens with one attached hydrogen (secondary N) is 4. The molecule has 2 aliphatic heterocycles.